The van der Waals surface area contributed by atoms with Gasteiger partial charge in [0.15, 0.2) is 10.8 Å². The Hall–Kier alpha value is -2.06. The van der Waals surface area contributed by atoms with E-state index in [9.17, 15) is 22.7 Å². The summed E-state index contributed by atoms with van der Waals surface area (Å²) < 4.78 is 40.5. The lowest BCUT2D eigenvalue weighted by Crippen LogP contribution is -2.21. The largest absolute Gasteiger partial charge is 0.372 e. The van der Waals surface area contributed by atoms with Crippen molar-refractivity contribution in [3.63, 3.8) is 0 Å². The van der Waals surface area contributed by atoms with E-state index in [0.717, 1.165) is 10.2 Å². The third-order valence-corrected chi connectivity index (χ3v) is 6.11. The number of hydrogen-bond donors (Lipinski definition) is 1. The van der Waals surface area contributed by atoms with Crippen molar-refractivity contribution in [3.05, 3.63) is 46.9 Å². The number of aliphatic hydroxyl groups is 1. The quantitative estimate of drug-likeness (QED) is 0.721. The summed E-state index contributed by atoms with van der Waals surface area (Å²) in [6.07, 6.45) is 0.200. The molecule has 0 radical (unpaired) electrons. The van der Waals surface area contributed by atoms with E-state index in [1.54, 1.807) is 6.07 Å². The van der Waals surface area contributed by atoms with Crippen molar-refractivity contribution >= 4 is 15.6 Å². The SMILES string of the molecule is CC(C)c1ccc(F)c(C(C)C)c1CC(=O)CS(=O)(=O)c1ccn(C(C)O)n1. The average Bonchev–Trinajstić information content (AvgIpc) is 3.04. The summed E-state index contributed by atoms with van der Waals surface area (Å²) in [4.78, 5) is 12.6. The fourth-order valence-electron chi connectivity index (χ4n) is 3.24. The minimum Gasteiger partial charge on any atom is -0.372 e. The second kappa shape index (κ2) is 8.53. The Balaban J connectivity index is 2.33. The molecule has 0 aliphatic rings. The number of rotatable bonds is 8. The molecule has 2 rings (SSSR count). The van der Waals surface area contributed by atoms with Gasteiger partial charge in [-0.25, -0.2) is 17.5 Å². The molecule has 1 N–H and O–H groups in total. The molecule has 6 nitrogen and oxygen atoms in total. The van der Waals surface area contributed by atoms with Crippen LogP contribution < -0.4 is 0 Å². The van der Waals surface area contributed by atoms with Gasteiger partial charge in [0.05, 0.1) is 0 Å². The van der Waals surface area contributed by atoms with Crippen LogP contribution >= 0.6 is 0 Å². The van der Waals surface area contributed by atoms with Gasteiger partial charge in [0.25, 0.3) is 0 Å². The third kappa shape index (κ3) is 4.86. The van der Waals surface area contributed by atoms with Gasteiger partial charge in [0.2, 0.25) is 9.84 Å². The van der Waals surface area contributed by atoms with Gasteiger partial charge in [-0.3, -0.25) is 4.79 Å². The first kappa shape index (κ1) is 22.2. The summed E-state index contributed by atoms with van der Waals surface area (Å²) in [5.74, 6) is -1.71. The lowest BCUT2D eigenvalue weighted by Gasteiger charge is -2.20. The van der Waals surface area contributed by atoms with E-state index >= 15 is 0 Å². The zero-order chi connectivity index (χ0) is 21.2. The highest BCUT2D eigenvalue weighted by molar-refractivity contribution is 7.92. The fraction of sp³-hybridized carbons (Fsp3) is 0.500. The number of aromatic nitrogens is 2. The van der Waals surface area contributed by atoms with Crippen LogP contribution in [0.5, 0.6) is 0 Å². The van der Waals surface area contributed by atoms with Crippen molar-refractivity contribution in [2.45, 2.75) is 64.1 Å². The minimum atomic E-state index is -3.95. The maximum Gasteiger partial charge on any atom is 0.204 e. The summed E-state index contributed by atoms with van der Waals surface area (Å²) in [5, 5.41) is 13.0. The zero-order valence-corrected chi connectivity index (χ0v) is 17.6. The lowest BCUT2D eigenvalue weighted by atomic mass is 9.86. The number of carbonyl (C=O) groups is 1. The molecule has 0 bridgehead atoms. The van der Waals surface area contributed by atoms with E-state index in [1.165, 1.54) is 25.3 Å². The Bertz CT molecular complexity index is 963. The number of benzene rings is 1. The molecule has 0 aliphatic heterocycles. The topological polar surface area (TPSA) is 89.3 Å². The Morgan fingerprint density at radius 3 is 2.29 bits per heavy atom. The highest BCUT2D eigenvalue weighted by Crippen LogP contribution is 2.30. The van der Waals surface area contributed by atoms with Gasteiger partial charge in [0.1, 0.15) is 17.8 Å². The molecule has 1 aromatic heterocycles. The van der Waals surface area contributed by atoms with Crippen LogP contribution in [-0.4, -0.2) is 34.8 Å². The predicted octanol–water partition coefficient (Wildman–Crippen LogP) is 3.37. The molecule has 0 amide bonds. The first-order chi connectivity index (χ1) is 12.9. The summed E-state index contributed by atoms with van der Waals surface area (Å²) >= 11 is 0. The van der Waals surface area contributed by atoms with Crippen molar-refractivity contribution in [2.24, 2.45) is 0 Å². The fourth-order valence-corrected chi connectivity index (χ4v) is 4.40. The van der Waals surface area contributed by atoms with Gasteiger partial charge in [0, 0.05) is 12.6 Å². The highest BCUT2D eigenvalue weighted by Gasteiger charge is 2.26. The first-order valence-corrected chi connectivity index (χ1v) is 10.9. The zero-order valence-electron chi connectivity index (χ0n) is 16.8. The molecule has 2 aromatic rings. The van der Waals surface area contributed by atoms with Crippen molar-refractivity contribution in [1.29, 1.82) is 0 Å². The van der Waals surface area contributed by atoms with Gasteiger partial charge in [-0.2, -0.15) is 5.10 Å². The first-order valence-electron chi connectivity index (χ1n) is 9.22. The Labute approximate surface area is 165 Å². The van der Waals surface area contributed by atoms with Crippen molar-refractivity contribution in [1.82, 2.24) is 9.78 Å². The maximum atomic E-state index is 14.4. The van der Waals surface area contributed by atoms with Gasteiger partial charge >= 0.3 is 0 Å². The standard InChI is InChI=1S/C20H27FN2O4S/c1-12(2)16-6-7-18(21)20(13(3)4)17(16)10-15(25)11-28(26,27)19-8-9-23(22-19)14(5)24/h6-9,12-14,24H,10-11H2,1-5H3. The Morgan fingerprint density at radius 1 is 1.14 bits per heavy atom. The van der Waals surface area contributed by atoms with Crippen LogP contribution in [0.15, 0.2) is 29.4 Å². The molecular formula is C20H27FN2O4S. The maximum absolute atomic E-state index is 14.4. The molecule has 0 saturated heterocycles. The molecular weight excluding hydrogens is 383 g/mol. The number of Topliss-reactive ketones (excluding diaryl/α,β-unsaturated/α-hetero) is 1. The molecule has 1 atom stereocenters. The van der Waals surface area contributed by atoms with Crippen molar-refractivity contribution in [3.8, 4) is 0 Å². The second-order valence-corrected chi connectivity index (χ2v) is 9.52. The van der Waals surface area contributed by atoms with Gasteiger partial charge < -0.3 is 5.11 Å². The Kier molecular flexibility index (Phi) is 6.77. The smallest absolute Gasteiger partial charge is 0.204 e. The van der Waals surface area contributed by atoms with E-state index in [1.807, 2.05) is 27.7 Å². The summed E-state index contributed by atoms with van der Waals surface area (Å²) in [7, 11) is -3.95. The van der Waals surface area contributed by atoms with Crippen LogP contribution in [0.2, 0.25) is 0 Å². The van der Waals surface area contributed by atoms with Crippen LogP contribution in [0.1, 0.15) is 69.4 Å². The Morgan fingerprint density at radius 2 is 1.79 bits per heavy atom. The number of sulfone groups is 1. The number of halogens is 1. The summed E-state index contributed by atoms with van der Waals surface area (Å²) in [6.45, 7) is 9.03. The summed E-state index contributed by atoms with van der Waals surface area (Å²) in [5.41, 5.74) is 1.87. The molecule has 1 heterocycles. The monoisotopic (exact) mass is 410 g/mol. The predicted molar refractivity (Wildman–Crippen MR) is 104 cm³/mol. The molecule has 0 fully saturated rings. The molecule has 0 saturated carbocycles. The van der Waals surface area contributed by atoms with Crippen molar-refractivity contribution in [2.75, 3.05) is 5.75 Å². The van der Waals surface area contributed by atoms with Crippen LogP contribution in [0.25, 0.3) is 0 Å². The van der Waals surface area contributed by atoms with Crippen LogP contribution in [-0.2, 0) is 21.1 Å². The molecule has 28 heavy (non-hydrogen) atoms. The minimum absolute atomic E-state index is 0.0687. The van der Waals surface area contributed by atoms with Crippen molar-refractivity contribution < 1.29 is 22.7 Å². The van der Waals surface area contributed by atoms with E-state index in [-0.39, 0.29) is 29.1 Å². The van der Waals surface area contributed by atoms with Crippen LogP contribution in [0, 0.1) is 5.82 Å². The normalized spacial score (nSPS) is 13.3. The number of nitrogens with zero attached hydrogens (tertiary/aromatic N) is 2. The highest BCUT2D eigenvalue weighted by atomic mass is 32.2. The van der Waals surface area contributed by atoms with Gasteiger partial charge in [-0.15, -0.1) is 0 Å². The van der Waals surface area contributed by atoms with E-state index in [4.69, 9.17) is 0 Å². The molecule has 0 aliphatic carbocycles. The molecule has 8 heteroatoms. The third-order valence-electron chi connectivity index (χ3n) is 4.55. The lowest BCUT2D eigenvalue weighted by molar-refractivity contribution is -0.116. The van der Waals surface area contributed by atoms with E-state index < -0.39 is 27.6 Å². The van der Waals surface area contributed by atoms with E-state index in [2.05, 4.69) is 5.10 Å². The number of hydrogen-bond acceptors (Lipinski definition) is 5. The molecule has 1 aromatic carbocycles. The molecule has 154 valence electrons. The number of aliphatic hydroxyl groups excluding tert-OH is 1. The number of ketones is 1. The van der Waals surface area contributed by atoms with Crippen LogP contribution in [0.4, 0.5) is 4.39 Å². The molecule has 1 unspecified atom stereocenters. The second-order valence-electron chi connectivity index (χ2n) is 7.58. The van der Waals surface area contributed by atoms with Gasteiger partial charge in [-0.1, -0.05) is 33.8 Å². The average molecular weight is 411 g/mol. The van der Waals surface area contributed by atoms with Crippen LogP contribution in [0.3, 0.4) is 0 Å². The summed E-state index contributed by atoms with van der Waals surface area (Å²) in [6, 6.07) is 4.31. The van der Waals surface area contributed by atoms with E-state index in [0.29, 0.717) is 11.1 Å². The van der Waals surface area contributed by atoms with Gasteiger partial charge in [-0.05, 0) is 47.6 Å². The number of carbonyl (C=O) groups excluding carboxylic acids is 1. The molecule has 0 spiro atoms.